The van der Waals surface area contributed by atoms with Crippen LogP contribution in [-0.2, 0) is 0 Å². The van der Waals surface area contributed by atoms with Gasteiger partial charge in [0.1, 0.15) is 0 Å². The predicted octanol–water partition coefficient (Wildman–Crippen LogP) is 1.71. The number of amides is 1. The van der Waals surface area contributed by atoms with Crippen LogP contribution in [0.4, 0.5) is 5.69 Å². The number of nitrogens with zero attached hydrogens (tertiary/aromatic N) is 3. The molecular formula is C10H13N5O. The summed E-state index contributed by atoms with van der Waals surface area (Å²) in [7, 11) is 0. The minimum absolute atomic E-state index is 0.0774. The van der Waals surface area contributed by atoms with Crippen LogP contribution in [0.1, 0.15) is 17.3 Å². The van der Waals surface area contributed by atoms with Crippen molar-refractivity contribution in [3.63, 3.8) is 0 Å². The first kappa shape index (κ1) is 12.0. The zero-order valence-electron chi connectivity index (χ0n) is 8.92. The van der Waals surface area contributed by atoms with Crippen molar-refractivity contribution in [1.82, 2.24) is 5.32 Å². The van der Waals surface area contributed by atoms with Gasteiger partial charge in [-0.2, -0.15) is 0 Å². The van der Waals surface area contributed by atoms with Crippen LogP contribution in [0.3, 0.4) is 0 Å². The van der Waals surface area contributed by atoms with E-state index in [1.54, 1.807) is 24.3 Å². The second-order valence-corrected chi connectivity index (χ2v) is 3.42. The van der Waals surface area contributed by atoms with Gasteiger partial charge in [-0.25, -0.2) is 0 Å². The smallest absolute Gasteiger partial charge is 0.251 e. The predicted molar refractivity (Wildman–Crippen MR) is 61.2 cm³/mol. The Morgan fingerprint density at radius 1 is 1.56 bits per heavy atom. The summed E-state index contributed by atoms with van der Waals surface area (Å²) in [5, 5.41) is 6.09. The molecule has 1 atom stereocenters. The number of rotatable bonds is 4. The van der Waals surface area contributed by atoms with Gasteiger partial charge in [-0.1, -0.05) is 17.2 Å². The maximum atomic E-state index is 11.5. The Morgan fingerprint density at radius 3 is 2.69 bits per heavy atom. The Kier molecular flexibility index (Phi) is 4.32. The molecule has 1 aromatic carbocycles. The van der Waals surface area contributed by atoms with Crippen molar-refractivity contribution in [3.8, 4) is 0 Å². The number of nitrogens with two attached hydrogens (primary N) is 1. The van der Waals surface area contributed by atoms with E-state index >= 15 is 0 Å². The van der Waals surface area contributed by atoms with Gasteiger partial charge in [0.2, 0.25) is 0 Å². The van der Waals surface area contributed by atoms with Gasteiger partial charge >= 0.3 is 0 Å². The average Bonchev–Trinajstić information content (AvgIpc) is 2.27. The monoisotopic (exact) mass is 219 g/mol. The third-order valence-electron chi connectivity index (χ3n) is 1.87. The molecule has 0 saturated carbocycles. The van der Waals surface area contributed by atoms with Crippen LogP contribution in [0.2, 0.25) is 0 Å². The average molecular weight is 219 g/mol. The molecule has 1 aromatic rings. The molecule has 0 spiro atoms. The third-order valence-corrected chi connectivity index (χ3v) is 1.87. The van der Waals surface area contributed by atoms with E-state index in [4.69, 9.17) is 11.3 Å². The van der Waals surface area contributed by atoms with Gasteiger partial charge in [0.15, 0.2) is 0 Å². The molecule has 1 rings (SSSR count). The highest BCUT2D eigenvalue weighted by Gasteiger charge is 2.05. The van der Waals surface area contributed by atoms with Crippen molar-refractivity contribution in [2.45, 2.75) is 13.0 Å². The minimum Gasteiger partial charge on any atom is -0.350 e. The quantitative estimate of drug-likeness (QED) is 0.457. The van der Waals surface area contributed by atoms with E-state index in [9.17, 15) is 4.79 Å². The number of carbonyl (C=O) groups is 1. The normalized spacial score (nSPS) is 11.4. The van der Waals surface area contributed by atoms with Gasteiger partial charge < -0.3 is 11.1 Å². The highest BCUT2D eigenvalue weighted by molar-refractivity contribution is 5.94. The number of azide groups is 1. The van der Waals surface area contributed by atoms with E-state index < -0.39 is 0 Å². The topological polar surface area (TPSA) is 104 Å². The largest absolute Gasteiger partial charge is 0.350 e. The first-order chi connectivity index (χ1) is 7.63. The van der Waals surface area contributed by atoms with Gasteiger partial charge in [-0.15, -0.1) is 0 Å². The minimum atomic E-state index is -0.190. The standard InChI is InChI=1S/C10H13N5O/c1-7(11)6-13-10(16)8-2-4-9(5-3-8)14-15-12/h2-5,7H,6,11H2,1H3,(H,13,16). The highest BCUT2D eigenvalue weighted by atomic mass is 16.1. The maximum absolute atomic E-state index is 11.5. The molecule has 1 unspecified atom stereocenters. The zero-order chi connectivity index (χ0) is 12.0. The SMILES string of the molecule is CC(N)CNC(=O)c1ccc(N=[N+]=[N-])cc1. The molecule has 0 saturated heterocycles. The molecule has 0 aliphatic rings. The molecule has 0 heterocycles. The first-order valence-electron chi connectivity index (χ1n) is 4.82. The Hall–Kier alpha value is -2.04. The van der Waals surface area contributed by atoms with Crippen molar-refractivity contribution in [3.05, 3.63) is 40.3 Å². The van der Waals surface area contributed by atoms with E-state index in [1.807, 2.05) is 6.92 Å². The molecule has 6 heteroatoms. The molecule has 16 heavy (non-hydrogen) atoms. The van der Waals surface area contributed by atoms with E-state index in [1.165, 1.54) is 0 Å². The van der Waals surface area contributed by atoms with Gasteiger partial charge in [0.05, 0.1) is 0 Å². The summed E-state index contributed by atoms with van der Waals surface area (Å²) in [6.07, 6.45) is 0. The molecule has 3 N–H and O–H groups in total. The van der Waals surface area contributed by atoms with Crippen LogP contribution in [0.25, 0.3) is 10.4 Å². The van der Waals surface area contributed by atoms with Gasteiger partial charge in [-0.05, 0) is 24.6 Å². The molecule has 0 bridgehead atoms. The Morgan fingerprint density at radius 2 is 2.19 bits per heavy atom. The molecule has 6 nitrogen and oxygen atoms in total. The lowest BCUT2D eigenvalue weighted by Crippen LogP contribution is -2.35. The molecule has 0 aliphatic heterocycles. The second-order valence-electron chi connectivity index (χ2n) is 3.42. The van der Waals surface area contributed by atoms with E-state index in [-0.39, 0.29) is 11.9 Å². The summed E-state index contributed by atoms with van der Waals surface area (Å²) < 4.78 is 0. The third kappa shape index (κ3) is 3.61. The van der Waals surface area contributed by atoms with E-state index in [0.717, 1.165) is 0 Å². The molecule has 0 aliphatic carbocycles. The van der Waals surface area contributed by atoms with Crippen LogP contribution >= 0.6 is 0 Å². The Labute approximate surface area is 93.1 Å². The number of hydrogen-bond donors (Lipinski definition) is 2. The number of nitrogens with one attached hydrogen (secondary N) is 1. The maximum Gasteiger partial charge on any atom is 0.251 e. The molecule has 0 aromatic heterocycles. The van der Waals surface area contributed by atoms with Crippen LogP contribution in [0.15, 0.2) is 29.4 Å². The lowest BCUT2D eigenvalue weighted by molar-refractivity contribution is 0.0952. The van der Waals surface area contributed by atoms with Crippen LogP contribution in [0.5, 0.6) is 0 Å². The molecule has 1 amide bonds. The number of carbonyl (C=O) groups excluding carboxylic acids is 1. The lowest BCUT2D eigenvalue weighted by Gasteiger charge is -2.07. The van der Waals surface area contributed by atoms with Gasteiger partial charge in [0.25, 0.3) is 5.91 Å². The summed E-state index contributed by atoms with van der Waals surface area (Å²) in [4.78, 5) is 14.2. The first-order valence-corrected chi connectivity index (χ1v) is 4.82. The lowest BCUT2D eigenvalue weighted by atomic mass is 10.2. The van der Waals surface area contributed by atoms with E-state index in [2.05, 4.69) is 15.3 Å². The number of hydrogen-bond acceptors (Lipinski definition) is 3. The van der Waals surface area contributed by atoms with E-state index in [0.29, 0.717) is 17.8 Å². The summed E-state index contributed by atoms with van der Waals surface area (Å²) in [6, 6.07) is 6.29. The Balaban J connectivity index is 2.66. The molecule has 84 valence electrons. The van der Waals surface area contributed by atoms with Crippen molar-refractivity contribution in [1.29, 1.82) is 0 Å². The fourth-order valence-electron chi connectivity index (χ4n) is 1.09. The molecule has 0 radical (unpaired) electrons. The summed E-state index contributed by atoms with van der Waals surface area (Å²) in [5.74, 6) is -0.190. The van der Waals surface area contributed by atoms with Gasteiger partial charge in [0, 0.05) is 28.7 Å². The summed E-state index contributed by atoms with van der Waals surface area (Å²) in [6.45, 7) is 2.24. The Bertz CT molecular complexity index is 406. The van der Waals surface area contributed by atoms with Crippen molar-refractivity contribution in [2.24, 2.45) is 10.8 Å². The fraction of sp³-hybridized carbons (Fsp3) is 0.300. The fourth-order valence-corrected chi connectivity index (χ4v) is 1.09. The summed E-state index contributed by atoms with van der Waals surface area (Å²) >= 11 is 0. The number of benzene rings is 1. The highest BCUT2D eigenvalue weighted by Crippen LogP contribution is 2.12. The molecular weight excluding hydrogens is 206 g/mol. The summed E-state index contributed by atoms with van der Waals surface area (Å²) in [5.41, 5.74) is 14.7. The van der Waals surface area contributed by atoms with Crippen LogP contribution < -0.4 is 11.1 Å². The zero-order valence-corrected chi connectivity index (χ0v) is 8.92. The van der Waals surface area contributed by atoms with Crippen LogP contribution in [0, 0.1) is 0 Å². The van der Waals surface area contributed by atoms with Crippen LogP contribution in [-0.4, -0.2) is 18.5 Å². The second kappa shape index (κ2) is 5.75. The van der Waals surface area contributed by atoms with Crippen molar-refractivity contribution in [2.75, 3.05) is 6.54 Å². The molecule has 0 fully saturated rings. The van der Waals surface area contributed by atoms with Gasteiger partial charge in [-0.3, -0.25) is 4.79 Å². The van der Waals surface area contributed by atoms with Crippen molar-refractivity contribution < 1.29 is 4.79 Å². The van der Waals surface area contributed by atoms with Crippen molar-refractivity contribution >= 4 is 11.6 Å².